The van der Waals surface area contributed by atoms with Crippen molar-refractivity contribution in [1.29, 1.82) is 0 Å². The van der Waals surface area contributed by atoms with Gasteiger partial charge in [-0.25, -0.2) is 0 Å². The molecule has 0 aliphatic heterocycles. The van der Waals surface area contributed by atoms with Crippen LogP contribution < -0.4 is 0 Å². The summed E-state index contributed by atoms with van der Waals surface area (Å²) in [6.07, 6.45) is 0. The molecule has 0 spiro atoms. The number of rotatable bonds is 2. The highest BCUT2D eigenvalue weighted by Crippen LogP contribution is 2.36. The van der Waals surface area contributed by atoms with Crippen LogP contribution in [0, 0.1) is 3.57 Å². The summed E-state index contributed by atoms with van der Waals surface area (Å²) < 4.78 is 2.33. The van der Waals surface area contributed by atoms with Crippen LogP contribution in [0.1, 0.15) is 16.0 Å². The van der Waals surface area contributed by atoms with Crippen LogP contribution >= 0.6 is 66.1 Å². The number of hydrogen-bond acceptors (Lipinski definition) is 0. The Morgan fingerprint density at radius 2 is 1.71 bits per heavy atom. The normalized spacial score (nSPS) is 12.5. The third-order valence-electron chi connectivity index (χ3n) is 2.39. The average molecular weight is 486 g/mol. The Balaban J connectivity index is 2.39. The van der Waals surface area contributed by atoms with E-state index >= 15 is 0 Å². The van der Waals surface area contributed by atoms with Gasteiger partial charge < -0.3 is 0 Å². The molecule has 0 fully saturated rings. The van der Waals surface area contributed by atoms with Gasteiger partial charge in [-0.05, 0) is 64.0 Å². The minimum absolute atomic E-state index is 0.170. The lowest BCUT2D eigenvalue weighted by Crippen LogP contribution is -1.94. The second-order valence-electron chi connectivity index (χ2n) is 3.58. The lowest BCUT2D eigenvalue weighted by molar-refractivity contribution is 1.16. The van der Waals surface area contributed by atoms with Gasteiger partial charge in [-0.1, -0.05) is 55.6 Å². The Bertz CT molecular complexity index is 525. The number of halogens is 4. The molecule has 17 heavy (non-hydrogen) atoms. The van der Waals surface area contributed by atoms with Gasteiger partial charge in [0.25, 0.3) is 0 Å². The van der Waals surface area contributed by atoms with E-state index in [1.54, 1.807) is 0 Å². The predicted molar refractivity (Wildman–Crippen MR) is 89.1 cm³/mol. The van der Waals surface area contributed by atoms with Crippen molar-refractivity contribution in [2.45, 2.75) is 4.83 Å². The molecule has 0 bridgehead atoms. The summed E-state index contributed by atoms with van der Waals surface area (Å²) in [5.41, 5.74) is 2.41. The first kappa shape index (κ1) is 13.8. The molecule has 0 aliphatic rings. The Morgan fingerprint density at radius 1 is 1.06 bits per heavy atom. The Morgan fingerprint density at radius 3 is 2.35 bits per heavy atom. The topological polar surface area (TPSA) is 0 Å². The third-order valence-corrected chi connectivity index (χ3v) is 5.06. The van der Waals surface area contributed by atoms with Crippen LogP contribution in [0.2, 0.25) is 5.02 Å². The highest BCUT2D eigenvalue weighted by molar-refractivity contribution is 14.1. The molecule has 1 atom stereocenters. The van der Waals surface area contributed by atoms with Crippen LogP contribution in [0.4, 0.5) is 0 Å². The molecule has 0 amide bonds. The van der Waals surface area contributed by atoms with E-state index in [4.69, 9.17) is 11.6 Å². The van der Waals surface area contributed by atoms with Gasteiger partial charge in [-0.2, -0.15) is 0 Å². The Hall–Kier alpha value is 0.420. The molecular weight excluding hydrogens is 478 g/mol. The van der Waals surface area contributed by atoms with E-state index in [9.17, 15) is 0 Å². The zero-order chi connectivity index (χ0) is 12.4. The first-order chi connectivity index (χ1) is 8.08. The molecule has 2 aromatic rings. The van der Waals surface area contributed by atoms with Crippen molar-refractivity contribution in [2.75, 3.05) is 0 Å². The molecule has 0 radical (unpaired) electrons. The van der Waals surface area contributed by atoms with Crippen LogP contribution in [0.3, 0.4) is 0 Å². The average Bonchev–Trinajstić information content (AvgIpc) is 2.32. The maximum Gasteiger partial charge on any atom is 0.0656 e. The van der Waals surface area contributed by atoms with Crippen molar-refractivity contribution >= 4 is 66.1 Å². The van der Waals surface area contributed by atoms with Crippen LogP contribution in [0.15, 0.2) is 46.9 Å². The van der Waals surface area contributed by atoms with Crippen LogP contribution in [0.25, 0.3) is 0 Å². The fourth-order valence-electron chi connectivity index (χ4n) is 1.52. The van der Waals surface area contributed by atoms with Crippen LogP contribution in [0.5, 0.6) is 0 Å². The molecule has 2 rings (SSSR count). The monoisotopic (exact) mass is 484 g/mol. The smallest absolute Gasteiger partial charge is 0.0656 e. The summed E-state index contributed by atoms with van der Waals surface area (Å²) in [5.74, 6) is 0. The van der Waals surface area contributed by atoms with Crippen molar-refractivity contribution < 1.29 is 0 Å². The highest BCUT2D eigenvalue weighted by atomic mass is 127. The second kappa shape index (κ2) is 6.04. The Kier molecular flexibility index (Phi) is 4.92. The lowest BCUT2D eigenvalue weighted by atomic mass is 10.1. The van der Waals surface area contributed by atoms with Crippen molar-refractivity contribution in [1.82, 2.24) is 0 Å². The van der Waals surface area contributed by atoms with Gasteiger partial charge in [0.15, 0.2) is 0 Å². The second-order valence-corrected chi connectivity index (χ2v) is 7.03. The quantitative estimate of drug-likeness (QED) is 0.351. The van der Waals surface area contributed by atoms with Crippen molar-refractivity contribution in [3.05, 3.63) is 66.7 Å². The maximum absolute atomic E-state index is 5.89. The molecular formula is C13H8Br2ClI. The van der Waals surface area contributed by atoms with Gasteiger partial charge in [0, 0.05) is 13.1 Å². The van der Waals surface area contributed by atoms with E-state index in [1.807, 2.05) is 24.3 Å². The van der Waals surface area contributed by atoms with Gasteiger partial charge in [-0.15, -0.1) is 0 Å². The molecule has 0 saturated carbocycles. The third kappa shape index (κ3) is 3.46. The molecule has 0 nitrogen and oxygen atoms in total. The summed E-state index contributed by atoms with van der Waals surface area (Å²) in [7, 11) is 0. The zero-order valence-corrected chi connectivity index (χ0v) is 14.7. The van der Waals surface area contributed by atoms with E-state index in [0.717, 1.165) is 9.50 Å². The van der Waals surface area contributed by atoms with Crippen molar-refractivity contribution in [3.63, 3.8) is 0 Å². The molecule has 0 aromatic heterocycles. The molecule has 4 heteroatoms. The first-order valence-electron chi connectivity index (χ1n) is 4.92. The van der Waals surface area contributed by atoms with Gasteiger partial charge in [0.05, 0.1) is 4.83 Å². The minimum Gasteiger partial charge on any atom is -0.0843 e. The van der Waals surface area contributed by atoms with Gasteiger partial charge in [0.1, 0.15) is 0 Å². The maximum atomic E-state index is 5.89. The van der Waals surface area contributed by atoms with Crippen LogP contribution in [-0.2, 0) is 0 Å². The molecule has 0 heterocycles. The molecule has 0 saturated heterocycles. The van der Waals surface area contributed by atoms with Crippen LogP contribution in [-0.4, -0.2) is 0 Å². The fourth-order valence-corrected chi connectivity index (χ4v) is 3.63. The standard InChI is InChI=1S/C13H8Br2ClI/c14-12-6-5-10(17)7-11(12)13(15)8-1-3-9(16)4-2-8/h1-7,13H. The molecule has 0 N–H and O–H groups in total. The van der Waals surface area contributed by atoms with E-state index < -0.39 is 0 Å². The molecule has 88 valence electrons. The lowest BCUT2D eigenvalue weighted by Gasteiger charge is -2.13. The largest absolute Gasteiger partial charge is 0.0843 e. The summed E-state index contributed by atoms with van der Waals surface area (Å²) in [6, 6.07) is 14.2. The summed E-state index contributed by atoms with van der Waals surface area (Å²) in [5, 5.41) is 0.759. The predicted octanol–water partition coefficient (Wildman–Crippen LogP) is 6.19. The van der Waals surface area contributed by atoms with E-state index in [1.165, 1.54) is 14.7 Å². The number of alkyl halides is 1. The zero-order valence-electron chi connectivity index (χ0n) is 8.63. The van der Waals surface area contributed by atoms with E-state index in [2.05, 4.69) is 72.6 Å². The summed E-state index contributed by atoms with van der Waals surface area (Å²) in [4.78, 5) is 0.170. The van der Waals surface area contributed by atoms with Crippen molar-refractivity contribution in [2.24, 2.45) is 0 Å². The molecule has 1 unspecified atom stereocenters. The van der Waals surface area contributed by atoms with Gasteiger partial charge in [0.2, 0.25) is 0 Å². The van der Waals surface area contributed by atoms with Crippen molar-refractivity contribution in [3.8, 4) is 0 Å². The van der Waals surface area contributed by atoms with Gasteiger partial charge >= 0.3 is 0 Å². The summed E-state index contributed by atoms with van der Waals surface area (Å²) in [6.45, 7) is 0. The number of hydrogen-bond donors (Lipinski definition) is 0. The highest BCUT2D eigenvalue weighted by Gasteiger charge is 2.13. The molecule has 0 aliphatic carbocycles. The Labute approximate surface area is 136 Å². The van der Waals surface area contributed by atoms with E-state index in [0.29, 0.717) is 0 Å². The number of benzene rings is 2. The fraction of sp³-hybridized carbons (Fsp3) is 0.0769. The molecule has 2 aromatic carbocycles. The summed E-state index contributed by atoms with van der Waals surface area (Å²) >= 11 is 15.5. The first-order valence-corrected chi connectivity index (χ1v) is 8.09. The van der Waals surface area contributed by atoms with E-state index in [-0.39, 0.29) is 4.83 Å². The van der Waals surface area contributed by atoms with Gasteiger partial charge in [-0.3, -0.25) is 0 Å². The SMILES string of the molecule is Clc1ccc(C(Br)c2cc(I)ccc2Br)cc1. The minimum atomic E-state index is 0.170.